The Morgan fingerprint density at radius 3 is 2.23 bits per heavy atom. The van der Waals surface area contributed by atoms with Gasteiger partial charge in [-0.2, -0.15) is 0 Å². The molecule has 0 fully saturated rings. The van der Waals surface area contributed by atoms with Crippen molar-refractivity contribution in [2.75, 3.05) is 25.5 Å². The highest BCUT2D eigenvalue weighted by Gasteiger charge is 2.06. The first kappa shape index (κ1) is 19.8. The molecule has 0 radical (unpaired) electrons. The largest absolute Gasteiger partial charge is 0.378 e. The lowest BCUT2D eigenvalue weighted by atomic mass is 10.2. The van der Waals surface area contributed by atoms with Gasteiger partial charge in [-0.05, 0) is 48.4 Å². The molecule has 0 unspecified atom stereocenters. The first-order chi connectivity index (χ1) is 12.5. The Kier molecular flexibility index (Phi) is 7.48. The van der Waals surface area contributed by atoms with E-state index in [0.717, 1.165) is 11.3 Å². The third-order valence-corrected chi connectivity index (χ3v) is 4.17. The minimum absolute atomic E-state index is 0.0255. The summed E-state index contributed by atoms with van der Waals surface area (Å²) in [5, 5.41) is 6.28. The highest BCUT2D eigenvalue weighted by molar-refractivity contribution is 6.30. The summed E-state index contributed by atoms with van der Waals surface area (Å²) in [6.45, 7) is 0.954. The summed E-state index contributed by atoms with van der Waals surface area (Å²) in [4.78, 5) is 25.9. The maximum atomic E-state index is 11.9. The van der Waals surface area contributed by atoms with E-state index in [2.05, 4.69) is 10.6 Å². The second kappa shape index (κ2) is 9.82. The molecule has 0 heterocycles. The van der Waals surface area contributed by atoms with Crippen LogP contribution in [0.15, 0.2) is 48.5 Å². The van der Waals surface area contributed by atoms with Crippen LogP contribution >= 0.6 is 11.6 Å². The van der Waals surface area contributed by atoms with Crippen LogP contribution in [0.1, 0.15) is 28.8 Å². The second-order valence-electron chi connectivity index (χ2n) is 6.20. The summed E-state index contributed by atoms with van der Waals surface area (Å²) in [6.07, 6.45) is 0.960. The van der Waals surface area contributed by atoms with Gasteiger partial charge in [0.05, 0.1) is 0 Å². The maximum Gasteiger partial charge on any atom is 0.251 e. The van der Waals surface area contributed by atoms with Crippen molar-refractivity contribution >= 4 is 29.1 Å². The fourth-order valence-electron chi connectivity index (χ4n) is 2.36. The minimum atomic E-state index is -0.164. The van der Waals surface area contributed by atoms with Crippen LogP contribution in [0.2, 0.25) is 5.02 Å². The third kappa shape index (κ3) is 6.41. The number of nitrogens with zero attached hydrogens (tertiary/aromatic N) is 1. The van der Waals surface area contributed by atoms with E-state index < -0.39 is 0 Å². The molecule has 0 aliphatic carbocycles. The normalized spacial score (nSPS) is 10.3. The van der Waals surface area contributed by atoms with Crippen molar-refractivity contribution in [1.82, 2.24) is 10.6 Å². The predicted molar refractivity (Wildman–Crippen MR) is 106 cm³/mol. The quantitative estimate of drug-likeness (QED) is 0.698. The highest BCUT2D eigenvalue weighted by atomic mass is 35.5. The minimum Gasteiger partial charge on any atom is -0.378 e. The van der Waals surface area contributed by atoms with Crippen LogP contribution in [0.3, 0.4) is 0 Å². The Morgan fingerprint density at radius 2 is 1.62 bits per heavy atom. The second-order valence-corrected chi connectivity index (χ2v) is 6.64. The number of hydrogen-bond acceptors (Lipinski definition) is 3. The summed E-state index contributed by atoms with van der Waals surface area (Å²) in [5.41, 5.74) is 2.73. The lowest BCUT2D eigenvalue weighted by Gasteiger charge is -2.13. The molecule has 0 spiro atoms. The summed E-state index contributed by atoms with van der Waals surface area (Å²) in [7, 11) is 3.98. The molecular weight excluding hydrogens is 350 g/mol. The van der Waals surface area contributed by atoms with Crippen molar-refractivity contribution < 1.29 is 9.59 Å². The van der Waals surface area contributed by atoms with Gasteiger partial charge in [-0.15, -0.1) is 0 Å². The van der Waals surface area contributed by atoms with Gasteiger partial charge in [0.2, 0.25) is 5.91 Å². The van der Waals surface area contributed by atoms with Crippen LogP contribution in [0.25, 0.3) is 0 Å². The average molecular weight is 374 g/mol. The first-order valence-electron chi connectivity index (χ1n) is 8.52. The SMILES string of the molecule is CN(C)c1ccc(CNC(=O)CCCNC(=O)c2ccc(Cl)cc2)cc1. The zero-order valence-corrected chi connectivity index (χ0v) is 15.8. The van der Waals surface area contributed by atoms with Crippen molar-refractivity contribution in [2.24, 2.45) is 0 Å². The van der Waals surface area contributed by atoms with Gasteiger partial charge < -0.3 is 15.5 Å². The van der Waals surface area contributed by atoms with E-state index in [-0.39, 0.29) is 11.8 Å². The molecule has 2 amide bonds. The van der Waals surface area contributed by atoms with Crippen LogP contribution in [-0.4, -0.2) is 32.5 Å². The Bertz CT molecular complexity index is 728. The standard InChI is InChI=1S/C20H24ClN3O2/c1-24(2)18-11-5-15(6-12-18)14-23-19(25)4-3-13-22-20(26)16-7-9-17(21)10-8-16/h5-12H,3-4,13-14H2,1-2H3,(H,22,26)(H,23,25). The Labute approximate surface area is 159 Å². The molecule has 26 heavy (non-hydrogen) atoms. The van der Waals surface area contributed by atoms with Crippen LogP contribution < -0.4 is 15.5 Å². The van der Waals surface area contributed by atoms with E-state index in [1.54, 1.807) is 24.3 Å². The van der Waals surface area contributed by atoms with Gasteiger partial charge in [0.15, 0.2) is 0 Å². The lowest BCUT2D eigenvalue weighted by Crippen LogP contribution is -2.27. The molecule has 0 aliphatic rings. The molecule has 0 aromatic heterocycles. The van der Waals surface area contributed by atoms with Gasteiger partial charge in [0.25, 0.3) is 5.91 Å². The van der Waals surface area contributed by atoms with Crippen molar-refractivity contribution in [3.63, 3.8) is 0 Å². The van der Waals surface area contributed by atoms with Gasteiger partial charge in [0.1, 0.15) is 0 Å². The van der Waals surface area contributed by atoms with E-state index in [1.165, 1.54) is 0 Å². The van der Waals surface area contributed by atoms with Gasteiger partial charge in [-0.3, -0.25) is 9.59 Å². The van der Waals surface area contributed by atoms with E-state index in [1.807, 2.05) is 43.3 Å². The van der Waals surface area contributed by atoms with E-state index in [4.69, 9.17) is 11.6 Å². The number of hydrogen-bond donors (Lipinski definition) is 2. The predicted octanol–water partition coefficient (Wildman–Crippen LogP) is 3.23. The van der Waals surface area contributed by atoms with Crippen molar-refractivity contribution in [1.29, 1.82) is 0 Å². The van der Waals surface area contributed by atoms with Gasteiger partial charge in [-0.1, -0.05) is 23.7 Å². The molecule has 0 saturated heterocycles. The molecule has 0 saturated carbocycles. The van der Waals surface area contributed by atoms with E-state index in [9.17, 15) is 9.59 Å². The molecular formula is C20H24ClN3O2. The zero-order valence-electron chi connectivity index (χ0n) is 15.1. The average Bonchev–Trinajstić information content (AvgIpc) is 2.64. The molecule has 2 N–H and O–H groups in total. The molecule has 138 valence electrons. The van der Waals surface area contributed by atoms with Crippen LogP contribution in [0.5, 0.6) is 0 Å². The fourth-order valence-corrected chi connectivity index (χ4v) is 2.48. The smallest absolute Gasteiger partial charge is 0.251 e. The number of carbonyl (C=O) groups is 2. The third-order valence-electron chi connectivity index (χ3n) is 3.92. The number of amides is 2. The molecule has 2 aromatic carbocycles. The molecule has 0 atom stereocenters. The Balaban J connectivity index is 1.64. The summed E-state index contributed by atoms with van der Waals surface area (Å²) in [5.74, 6) is -0.189. The summed E-state index contributed by atoms with van der Waals surface area (Å²) < 4.78 is 0. The summed E-state index contributed by atoms with van der Waals surface area (Å²) in [6, 6.07) is 14.7. The number of benzene rings is 2. The Hall–Kier alpha value is -2.53. The van der Waals surface area contributed by atoms with Gasteiger partial charge >= 0.3 is 0 Å². The molecule has 2 rings (SSSR count). The maximum absolute atomic E-state index is 11.9. The number of anilines is 1. The van der Waals surface area contributed by atoms with Crippen molar-refractivity contribution in [3.05, 3.63) is 64.7 Å². The number of rotatable bonds is 8. The lowest BCUT2D eigenvalue weighted by molar-refractivity contribution is -0.121. The van der Waals surface area contributed by atoms with Crippen LogP contribution in [0.4, 0.5) is 5.69 Å². The van der Waals surface area contributed by atoms with Gasteiger partial charge in [-0.25, -0.2) is 0 Å². The molecule has 0 bridgehead atoms. The van der Waals surface area contributed by atoms with Crippen molar-refractivity contribution in [3.8, 4) is 0 Å². The molecule has 6 heteroatoms. The fraction of sp³-hybridized carbons (Fsp3) is 0.300. The monoisotopic (exact) mass is 373 g/mol. The molecule has 5 nitrogen and oxygen atoms in total. The number of nitrogens with one attached hydrogen (secondary N) is 2. The van der Waals surface area contributed by atoms with E-state index >= 15 is 0 Å². The van der Waals surface area contributed by atoms with Crippen molar-refractivity contribution in [2.45, 2.75) is 19.4 Å². The topological polar surface area (TPSA) is 61.4 Å². The van der Waals surface area contributed by atoms with Crippen LogP contribution in [-0.2, 0) is 11.3 Å². The number of halogens is 1. The summed E-state index contributed by atoms with van der Waals surface area (Å²) >= 11 is 5.80. The molecule has 2 aromatic rings. The van der Waals surface area contributed by atoms with Gasteiger partial charge in [0, 0.05) is 49.9 Å². The Morgan fingerprint density at radius 1 is 0.962 bits per heavy atom. The van der Waals surface area contributed by atoms with Crippen LogP contribution in [0, 0.1) is 0 Å². The number of carbonyl (C=O) groups excluding carboxylic acids is 2. The first-order valence-corrected chi connectivity index (χ1v) is 8.90. The zero-order chi connectivity index (χ0) is 18.9. The molecule has 0 aliphatic heterocycles. The van der Waals surface area contributed by atoms with E-state index in [0.29, 0.717) is 36.5 Å². The highest BCUT2D eigenvalue weighted by Crippen LogP contribution is 2.12.